The van der Waals surface area contributed by atoms with E-state index in [0.29, 0.717) is 28.7 Å². The molecule has 1 fully saturated rings. The number of carbonyl (C=O) groups excluding carboxylic acids is 3. The first-order valence-corrected chi connectivity index (χ1v) is 10.1. The van der Waals surface area contributed by atoms with Crippen molar-refractivity contribution in [2.75, 3.05) is 19.0 Å². The minimum Gasteiger partial charge on any atom is -0.465 e. The van der Waals surface area contributed by atoms with Gasteiger partial charge in [0.05, 0.1) is 18.4 Å². The van der Waals surface area contributed by atoms with Gasteiger partial charge in [-0.1, -0.05) is 17.8 Å². The third kappa shape index (κ3) is 5.04. The predicted octanol–water partition coefficient (Wildman–Crippen LogP) is 3.59. The van der Waals surface area contributed by atoms with Crippen LogP contribution < -0.4 is 5.32 Å². The normalized spacial score (nSPS) is 17.3. The van der Waals surface area contributed by atoms with Crippen molar-refractivity contribution in [3.05, 3.63) is 59.9 Å². The van der Waals surface area contributed by atoms with Gasteiger partial charge in [0.15, 0.2) is 5.17 Å². The summed E-state index contributed by atoms with van der Waals surface area (Å²) in [6, 6.07) is 12.0. The first-order chi connectivity index (χ1) is 14.4. The monoisotopic (exact) mass is 429 g/mol. The summed E-state index contributed by atoms with van der Waals surface area (Å²) in [6.45, 7) is 2.21. The van der Waals surface area contributed by atoms with E-state index < -0.39 is 17.0 Å². The number of hydrogen-bond acceptors (Lipinski definition) is 6. The number of esters is 1. The molecule has 3 rings (SSSR count). The first kappa shape index (κ1) is 21.5. The van der Waals surface area contributed by atoms with Crippen molar-refractivity contribution < 1.29 is 23.5 Å². The van der Waals surface area contributed by atoms with Crippen molar-refractivity contribution in [1.82, 2.24) is 4.90 Å². The van der Waals surface area contributed by atoms with E-state index in [4.69, 9.17) is 0 Å². The number of hydrogen-bond donors (Lipinski definition) is 1. The number of aliphatic imine (C=N–C) groups is 1. The van der Waals surface area contributed by atoms with Crippen LogP contribution in [0.2, 0.25) is 0 Å². The minimum absolute atomic E-state index is 0.0408. The highest BCUT2D eigenvalue weighted by molar-refractivity contribution is 8.15. The number of thioether (sulfide) groups is 1. The number of nitrogens with zero attached hydrogens (tertiary/aromatic N) is 2. The summed E-state index contributed by atoms with van der Waals surface area (Å²) >= 11 is 1.18. The predicted molar refractivity (Wildman–Crippen MR) is 113 cm³/mol. The van der Waals surface area contributed by atoms with Crippen molar-refractivity contribution in [3.63, 3.8) is 0 Å². The molecule has 1 saturated heterocycles. The molecule has 1 N–H and O–H groups in total. The molecular weight excluding hydrogens is 409 g/mol. The van der Waals surface area contributed by atoms with Gasteiger partial charge < -0.3 is 10.1 Å². The van der Waals surface area contributed by atoms with Crippen molar-refractivity contribution in [2.24, 2.45) is 4.99 Å². The number of methoxy groups -OCH3 is 1. The third-order valence-corrected chi connectivity index (χ3v) is 5.51. The Hall–Kier alpha value is -3.20. The van der Waals surface area contributed by atoms with Crippen molar-refractivity contribution in [2.45, 2.75) is 18.6 Å². The molecular formula is C21H20FN3O4S. The molecule has 1 aliphatic heterocycles. The summed E-state index contributed by atoms with van der Waals surface area (Å²) in [5.74, 6) is -1.43. The lowest BCUT2D eigenvalue weighted by atomic mass is 10.2. The molecule has 0 spiro atoms. The Morgan fingerprint density at radius 1 is 1.23 bits per heavy atom. The molecule has 1 unspecified atom stereocenters. The molecule has 2 amide bonds. The molecule has 9 heteroatoms. The number of carbonyl (C=O) groups is 3. The van der Waals surface area contributed by atoms with E-state index in [1.807, 2.05) is 6.92 Å². The maximum absolute atomic E-state index is 13.4. The zero-order chi connectivity index (χ0) is 21.7. The average molecular weight is 429 g/mol. The summed E-state index contributed by atoms with van der Waals surface area (Å²) in [7, 11) is 1.29. The maximum Gasteiger partial charge on any atom is 0.337 e. The molecule has 2 aromatic carbocycles. The zero-order valence-corrected chi connectivity index (χ0v) is 17.2. The highest BCUT2D eigenvalue weighted by Crippen LogP contribution is 2.31. The van der Waals surface area contributed by atoms with E-state index in [2.05, 4.69) is 15.0 Å². The molecule has 7 nitrogen and oxygen atoms in total. The van der Waals surface area contributed by atoms with Gasteiger partial charge in [-0.05, 0) is 49.4 Å². The number of amides is 2. The standard InChI is InChI=1S/C21H20FN3O4S/c1-3-25-19(27)17(30-21(25)24-16-6-4-5-14(22)11-16)12-18(26)23-15-9-7-13(8-10-15)20(28)29-2/h4-11,17H,3,12H2,1-2H3,(H,23,26). The summed E-state index contributed by atoms with van der Waals surface area (Å²) in [6.07, 6.45) is -0.0408. The van der Waals surface area contributed by atoms with Crippen LogP contribution in [0.5, 0.6) is 0 Å². The number of nitrogens with one attached hydrogen (secondary N) is 1. The second-order valence-electron chi connectivity index (χ2n) is 6.38. The molecule has 0 aromatic heterocycles. The van der Waals surface area contributed by atoms with Crippen LogP contribution in [0.25, 0.3) is 0 Å². The summed E-state index contributed by atoms with van der Waals surface area (Å²) in [5.41, 5.74) is 1.28. The lowest BCUT2D eigenvalue weighted by molar-refractivity contribution is -0.128. The minimum atomic E-state index is -0.619. The highest BCUT2D eigenvalue weighted by atomic mass is 32.2. The largest absolute Gasteiger partial charge is 0.465 e. The Morgan fingerprint density at radius 2 is 1.97 bits per heavy atom. The Kier molecular flexibility index (Phi) is 6.83. The van der Waals surface area contributed by atoms with Gasteiger partial charge in [0.2, 0.25) is 11.8 Å². The Morgan fingerprint density at radius 3 is 2.60 bits per heavy atom. The molecule has 156 valence electrons. The van der Waals surface area contributed by atoms with Crippen molar-refractivity contribution >= 4 is 46.1 Å². The molecule has 1 heterocycles. The number of halogens is 1. The zero-order valence-electron chi connectivity index (χ0n) is 16.4. The van der Waals surface area contributed by atoms with E-state index in [1.54, 1.807) is 36.4 Å². The van der Waals surface area contributed by atoms with Crippen LogP contribution in [-0.4, -0.2) is 46.8 Å². The van der Waals surface area contributed by atoms with E-state index in [1.165, 1.54) is 35.9 Å². The summed E-state index contributed by atoms with van der Waals surface area (Å²) in [4.78, 5) is 42.4. The molecule has 0 bridgehead atoms. The van der Waals surface area contributed by atoms with Crippen LogP contribution >= 0.6 is 11.8 Å². The van der Waals surface area contributed by atoms with E-state index in [-0.39, 0.29) is 18.2 Å². The van der Waals surface area contributed by atoms with Gasteiger partial charge in [-0.2, -0.15) is 0 Å². The second kappa shape index (κ2) is 9.53. The van der Waals surface area contributed by atoms with E-state index in [0.717, 1.165) is 0 Å². The fraction of sp³-hybridized carbons (Fsp3) is 0.238. The SMILES string of the molecule is CCN1C(=O)C(CC(=O)Nc2ccc(C(=O)OC)cc2)SC1=Nc1cccc(F)c1. The Balaban J connectivity index is 1.66. The quantitative estimate of drug-likeness (QED) is 0.709. The smallest absolute Gasteiger partial charge is 0.337 e. The molecule has 1 aliphatic rings. The van der Waals surface area contributed by atoms with Crippen LogP contribution in [0, 0.1) is 5.82 Å². The number of rotatable bonds is 6. The number of ether oxygens (including phenoxy) is 1. The van der Waals surface area contributed by atoms with Crippen LogP contribution in [0.15, 0.2) is 53.5 Å². The topological polar surface area (TPSA) is 88.1 Å². The third-order valence-electron chi connectivity index (χ3n) is 4.33. The van der Waals surface area contributed by atoms with E-state index >= 15 is 0 Å². The maximum atomic E-state index is 13.4. The van der Waals surface area contributed by atoms with Gasteiger partial charge in [-0.15, -0.1) is 0 Å². The van der Waals surface area contributed by atoms with Gasteiger partial charge in [-0.25, -0.2) is 14.2 Å². The molecule has 0 radical (unpaired) electrons. The van der Waals surface area contributed by atoms with Crippen molar-refractivity contribution in [3.8, 4) is 0 Å². The summed E-state index contributed by atoms with van der Waals surface area (Å²) in [5, 5.41) is 2.53. The highest BCUT2D eigenvalue weighted by Gasteiger charge is 2.38. The van der Waals surface area contributed by atoms with Crippen molar-refractivity contribution in [1.29, 1.82) is 0 Å². The van der Waals surface area contributed by atoms with Crippen LogP contribution in [-0.2, 0) is 14.3 Å². The van der Waals surface area contributed by atoms with E-state index in [9.17, 15) is 18.8 Å². The second-order valence-corrected chi connectivity index (χ2v) is 7.55. The number of amidine groups is 1. The average Bonchev–Trinajstić information content (AvgIpc) is 3.01. The number of anilines is 1. The molecule has 2 aromatic rings. The number of benzene rings is 2. The van der Waals surface area contributed by atoms with Crippen LogP contribution in [0.1, 0.15) is 23.7 Å². The lowest BCUT2D eigenvalue weighted by Crippen LogP contribution is -2.33. The van der Waals surface area contributed by atoms with Gasteiger partial charge in [0.25, 0.3) is 0 Å². The van der Waals surface area contributed by atoms with Gasteiger partial charge in [0, 0.05) is 18.7 Å². The molecule has 0 saturated carbocycles. The molecule has 1 atom stereocenters. The lowest BCUT2D eigenvalue weighted by Gasteiger charge is -2.13. The fourth-order valence-corrected chi connectivity index (χ4v) is 4.08. The van der Waals surface area contributed by atoms with Crippen LogP contribution in [0.4, 0.5) is 15.8 Å². The van der Waals surface area contributed by atoms with Gasteiger partial charge in [-0.3, -0.25) is 14.5 Å². The Bertz CT molecular complexity index is 994. The fourth-order valence-electron chi connectivity index (χ4n) is 2.86. The summed E-state index contributed by atoms with van der Waals surface area (Å²) < 4.78 is 18.0. The molecule has 30 heavy (non-hydrogen) atoms. The van der Waals surface area contributed by atoms with Crippen LogP contribution in [0.3, 0.4) is 0 Å². The molecule has 0 aliphatic carbocycles. The van der Waals surface area contributed by atoms with Gasteiger partial charge >= 0.3 is 5.97 Å². The first-order valence-electron chi connectivity index (χ1n) is 9.21. The van der Waals surface area contributed by atoms with Gasteiger partial charge in [0.1, 0.15) is 11.1 Å². The Labute approximate surface area is 177 Å².